The van der Waals surface area contributed by atoms with Gasteiger partial charge < -0.3 is 4.74 Å². The molecule has 0 bridgehead atoms. The summed E-state index contributed by atoms with van der Waals surface area (Å²) in [4.78, 5) is 38.4. The van der Waals surface area contributed by atoms with Crippen LogP contribution in [-0.4, -0.2) is 39.6 Å². The molecular formula is C19H15ClFN3O5S. The van der Waals surface area contributed by atoms with Crippen LogP contribution in [0.3, 0.4) is 0 Å². The number of nitro groups is 1. The van der Waals surface area contributed by atoms with E-state index >= 15 is 0 Å². The second-order valence-corrected chi connectivity index (χ2v) is 7.49. The topological polar surface area (TPSA) is 93.0 Å². The highest BCUT2D eigenvalue weighted by molar-refractivity contribution is 8.03. The molecule has 0 unspecified atom stereocenters. The molecule has 8 nitrogen and oxygen atoms in total. The molecule has 2 aromatic carbocycles. The summed E-state index contributed by atoms with van der Waals surface area (Å²) >= 11 is 6.90. The SMILES string of the molecule is COc1ccc(CN(C(=O)c2cc(F)ccc2Cl)C(=O)N2C=C([N+](=O)[O-])SC2)cc1. The number of amides is 3. The first kappa shape index (κ1) is 21.6. The lowest BCUT2D eigenvalue weighted by atomic mass is 10.1. The highest BCUT2D eigenvalue weighted by Crippen LogP contribution is 2.28. The number of benzene rings is 2. The minimum absolute atomic E-state index is 0.0220. The van der Waals surface area contributed by atoms with Crippen LogP contribution in [-0.2, 0) is 6.54 Å². The lowest BCUT2D eigenvalue weighted by Gasteiger charge is -2.25. The van der Waals surface area contributed by atoms with Crippen LogP contribution in [0.2, 0.25) is 5.02 Å². The molecule has 0 spiro atoms. The summed E-state index contributed by atoms with van der Waals surface area (Å²) in [5.41, 5.74) is 0.402. The van der Waals surface area contributed by atoms with Crippen molar-refractivity contribution in [2.45, 2.75) is 6.54 Å². The van der Waals surface area contributed by atoms with Crippen LogP contribution < -0.4 is 4.74 Å². The molecule has 0 atom stereocenters. The van der Waals surface area contributed by atoms with Crippen molar-refractivity contribution in [2.75, 3.05) is 13.0 Å². The van der Waals surface area contributed by atoms with E-state index < -0.39 is 22.7 Å². The number of halogens is 2. The van der Waals surface area contributed by atoms with Crippen LogP contribution in [0.15, 0.2) is 53.7 Å². The Morgan fingerprint density at radius 1 is 1.30 bits per heavy atom. The number of ether oxygens (including phenoxy) is 1. The van der Waals surface area contributed by atoms with Crippen molar-refractivity contribution in [1.82, 2.24) is 9.80 Å². The van der Waals surface area contributed by atoms with E-state index in [1.807, 2.05) is 0 Å². The summed E-state index contributed by atoms with van der Waals surface area (Å²) in [5.74, 6) is -0.955. The van der Waals surface area contributed by atoms with Gasteiger partial charge in [-0.15, -0.1) is 0 Å². The Balaban J connectivity index is 1.95. The lowest BCUT2D eigenvalue weighted by Crippen LogP contribution is -2.43. The molecule has 156 valence electrons. The van der Waals surface area contributed by atoms with Gasteiger partial charge in [0.05, 0.1) is 41.2 Å². The van der Waals surface area contributed by atoms with Crippen LogP contribution in [0.5, 0.6) is 5.75 Å². The fourth-order valence-corrected chi connectivity index (χ4v) is 3.62. The average molecular weight is 452 g/mol. The molecule has 2 aromatic rings. The Morgan fingerprint density at radius 2 is 2.00 bits per heavy atom. The normalized spacial score (nSPS) is 13.0. The van der Waals surface area contributed by atoms with Gasteiger partial charge in [-0.25, -0.2) is 9.18 Å². The number of urea groups is 1. The first-order valence-corrected chi connectivity index (χ1v) is 9.86. The number of imide groups is 1. The highest BCUT2D eigenvalue weighted by atomic mass is 35.5. The predicted octanol–water partition coefficient (Wildman–Crippen LogP) is 4.33. The van der Waals surface area contributed by atoms with Crippen molar-refractivity contribution < 1.29 is 23.6 Å². The van der Waals surface area contributed by atoms with Gasteiger partial charge in [0.1, 0.15) is 11.6 Å². The molecule has 0 saturated carbocycles. The predicted molar refractivity (Wildman–Crippen MR) is 109 cm³/mol. The fraction of sp³-hybridized carbons (Fsp3) is 0.158. The van der Waals surface area contributed by atoms with Gasteiger partial charge in [-0.1, -0.05) is 23.7 Å². The van der Waals surface area contributed by atoms with Crippen LogP contribution >= 0.6 is 23.4 Å². The minimum Gasteiger partial charge on any atom is -0.497 e. The van der Waals surface area contributed by atoms with Gasteiger partial charge in [0.2, 0.25) is 0 Å². The maximum atomic E-state index is 13.7. The van der Waals surface area contributed by atoms with Gasteiger partial charge in [0, 0.05) is 0 Å². The van der Waals surface area contributed by atoms with Crippen molar-refractivity contribution in [3.63, 3.8) is 0 Å². The molecule has 0 radical (unpaired) electrons. The van der Waals surface area contributed by atoms with Gasteiger partial charge in [0.25, 0.3) is 5.91 Å². The lowest BCUT2D eigenvalue weighted by molar-refractivity contribution is -0.410. The molecule has 1 aliphatic rings. The number of hydrogen-bond acceptors (Lipinski definition) is 6. The second kappa shape index (κ2) is 9.14. The van der Waals surface area contributed by atoms with Crippen LogP contribution in [0.1, 0.15) is 15.9 Å². The molecule has 0 aromatic heterocycles. The number of methoxy groups -OCH3 is 1. The average Bonchev–Trinajstić information content (AvgIpc) is 3.24. The van der Waals surface area contributed by atoms with Crippen molar-refractivity contribution >= 4 is 35.3 Å². The van der Waals surface area contributed by atoms with E-state index in [1.54, 1.807) is 24.3 Å². The van der Waals surface area contributed by atoms with Crippen LogP contribution in [0.25, 0.3) is 0 Å². The first-order chi connectivity index (χ1) is 14.3. The van der Waals surface area contributed by atoms with Gasteiger partial charge in [0.15, 0.2) is 0 Å². The maximum absolute atomic E-state index is 13.7. The largest absolute Gasteiger partial charge is 0.497 e. The molecule has 1 aliphatic heterocycles. The van der Waals surface area contributed by atoms with Crippen molar-refractivity contribution in [3.8, 4) is 5.75 Å². The van der Waals surface area contributed by atoms with Crippen molar-refractivity contribution in [3.05, 3.63) is 85.8 Å². The zero-order valence-electron chi connectivity index (χ0n) is 15.6. The second-order valence-electron chi connectivity index (χ2n) is 6.11. The molecule has 3 amide bonds. The number of nitrogens with zero attached hydrogens (tertiary/aromatic N) is 3. The van der Waals surface area contributed by atoms with Gasteiger partial charge in [-0.2, -0.15) is 0 Å². The Morgan fingerprint density at radius 3 is 2.60 bits per heavy atom. The number of hydrogen-bond donors (Lipinski definition) is 0. The first-order valence-electron chi connectivity index (χ1n) is 8.49. The van der Waals surface area contributed by atoms with E-state index in [0.29, 0.717) is 11.3 Å². The Labute approximate surface area is 180 Å². The van der Waals surface area contributed by atoms with E-state index in [4.69, 9.17) is 16.3 Å². The highest BCUT2D eigenvalue weighted by Gasteiger charge is 2.33. The summed E-state index contributed by atoms with van der Waals surface area (Å²) in [7, 11) is 1.50. The van der Waals surface area contributed by atoms with E-state index in [-0.39, 0.29) is 28.0 Å². The number of carbonyl (C=O) groups is 2. The van der Waals surface area contributed by atoms with E-state index in [0.717, 1.165) is 39.9 Å². The molecule has 0 N–H and O–H groups in total. The monoisotopic (exact) mass is 451 g/mol. The van der Waals surface area contributed by atoms with Crippen molar-refractivity contribution in [1.29, 1.82) is 0 Å². The standard InChI is InChI=1S/C19H15ClFN3O5S/c1-29-14-5-2-12(3-6-14)9-23(18(25)15-8-13(21)4-7-16(15)20)19(26)22-10-17(24(27)28)30-11-22/h2-8,10H,9,11H2,1H3. The molecule has 11 heteroatoms. The molecule has 0 fully saturated rings. The Bertz CT molecular complexity index is 1030. The number of rotatable bonds is 5. The molecule has 0 aliphatic carbocycles. The van der Waals surface area contributed by atoms with E-state index in [1.165, 1.54) is 13.2 Å². The Hall–Kier alpha value is -3.11. The molecule has 0 saturated heterocycles. The minimum atomic E-state index is -0.826. The third-order valence-corrected chi connectivity index (χ3v) is 5.47. The summed E-state index contributed by atoms with van der Waals surface area (Å²) in [5, 5.41) is 10.7. The summed E-state index contributed by atoms with van der Waals surface area (Å²) in [6, 6.07) is 9.11. The van der Waals surface area contributed by atoms with Gasteiger partial charge in [-0.3, -0.25) is 24.7 Å². The van der Waals surface area contributed by atoms with E-state index in [2.05, 4.69) is 0 Å². The third-order valence-electron chi connectivity index (χ3n) is 4.18. The fourth-order valence-electron chi connectivity index (χ4n) is 2.66. The molecule has 1 heterocycles. The maximum Gasteiger partial charge on any atom is 0.332 e. The van der Waals surface area contributed by atoms with Gasteiger partial charge in [-0.05, 0) is 47.7 Å². The summed E-state index contributed by atoms with van der Waals surface area (Å²) in [6.07, 6.45) is 1.06. The molecule has 30 heavy (non-hydrogen) atoms. The molecule has 3 rings (SSSR count). The van der Waals surface area contributed by atoms with Crippen LogP contribution in [0, 0.1) is 15.9 Å². The number of thioether (sulfide) groups is 1. The quantitative estimate of drug-likeness (QED) is 0.496. The third kappa shape index (κ3) is 4.71. The van der Waals surface area contributed by atoms with Crippen LogP contribution in [0.4, 0.5) is 9.18 Å². The molecular weight excluding hydrogens is 437 g/mol. The zero-order chi connectivity index (χ0) is 21.8. The smallest absolute Gasteiger partial charge is 0.332 e. The van der Waals surface area contributed by atoms with Gasteiger partial charge >= 0.3 is 11.1 Å². The summed E-state index contributed by atoms with van der Waals surface area (Å²) in [6.45, 7) is -0.155. The summed E-state index contributed by atoms with van der Waals surface area (Å²) < 4.78 is 18.8. The zero-order valence-corrected chi connectivity index (χ0v) is 17.2. The van der Waals surface area contributed by atoms with Crippen molar-refractivity contribution in [2.24, 2.45) is 0 Å². The Kier molecular flexibility index (Phi) is 6.58. The van der Waals surface area contributed by atoms with E-state index in [9.17, 15) is 24.1 Å². The number of carbonyl (C=O) groups excluding carboxylic acids is 2.